The van der Waals surface area contributed by atoms with E-state index in [0.717, 1.165) is 25.1 Å². The number of benzene rings is 1. The molecule has 0 aromatic heterocycles. The zero-order chi connectivity index (χ0) is 13.2. The predicted octanol–water partition coefficient (Wildman–Crippen LogP) is 0.119. The largest absolute Gasteiger partial charge is 1.00 e. The van der Waals surface area contributed by atoms with Gasteiger partial charge >= 0.3 is 58.4 Å². The van der Waals surface area contributed by atoms with Gasteiger partial charge < -0.3 is 12.9 Å². The number of halogens is 3. The molecule has 2 rings (SSSR count). The first-order chi connectivity index (χ1) is 8.50. The van der Waals surface area contributed by atoms with Gasteiger partial charge in [-0.15, -0.1) is 5.46 Å². The zero-order valence-corrected chi connectivity index (χ0v) is 14.7. The van der Waals surface area contributed by atoms with E-state index in [-0.39, 0.29) is 51.4 Å². The van der Waals surface area contributed by atoms with Crippen molar-refractivity contribution in [2.45, 2.75) is 38.8 Å². The normalized spacial score (nSPS) is 20.3. The molecule has 6 heteroatoms. The quantitative estimate of drug-likeness (QED) is 0.713. The van der Waals surface area contributed by atoms with E-state index in [1.807, 2.05) is 0 Å². The maximum absolute atomic E-state index is 12.5. The number of nitrogens with zero attached hydrogens (tertiary/aromatic N) is 1. The Labute approximate surface area is 155 Å². The minimum Gasteiger partial charge on any atom is -0.445 e. The first kappa shape index (κ1) is 17.7. The SMILES string of the molecule is CCC1CCCN1Cc1ccc([B-](F)(F)F)cc1.[K+]. The Morgan fingerprint density at radius 2 is 1.84 bits per heavy atom. The molecule has 1 nitrogen and oxygen atoms in total. The fraction of sp³-hybridized carbons (Fsp3) is 0.538. The van der Waals surface area contributed by atoms with Gasteiger partial charge in [-0.1, -0.05) is 31.2 Å². The molecule has 19 heavy (non-hydrogen) atoms. The van der Waals surface area contributed by atoms with E-state index < -0.39 is 12.4 Å². The van der Waals surface area contributed by atoms with Crippen LogP contribution in [0.4, 0.5) is 12.9 Å². The maximum atomic E-state index is 12.5. The van der Waals surface area contributed by atoms with Gasteiger partial charge in [0.25, 0.3) is 0 Å². The number of likely N-dealkylation sites (tertiary alicyclic amines) is 1. The van der Waals surface area contributed by atoms with Crippen LogP contribution in [0.25, 0.3) is 0 Å². The summed E-state index contributed by atoms with van der Waals surface area (Å²) >= 11 is 0. The topological polar surface area (TPSA) is 3.24 Å². The molecule has 1 atom stereocenters. The minimum absolute atomic E-state index is 0. The molecule has 0 aliphatic carbocycles. The van der Waals surface area contributed by atoms with Crippen LogP contribution in [0.1, 0.15) is 31.7 Å². The van der Waals surface area contributed by atoms with Crippen molar-refractivity contribution in [1.82, 2.24) is 4.90 Å². The standard InChI is InChI=1S/C13H18BF3N.K/c1-2-13-4-3-9-18(13)10-11-5-7-12(8-6-11)14(15,16)17;/h5-8,13H,2-4,9-10H2,1H3;/q-1;+1. The third-order valence-corrected chi connectivity index (χ3v) is 3.71. The summed E-state index contributed by atoms with van der Waals surface area (Å²) in [7, 11) is 0. The predicted molar refractivity (Wildman–Crippen MR) is 68.9 cm³/mol. The van der Waals surface area contributed by atoms with Crippen molar-refractivity contribution in [2.24, 2.45) is 0 Å². The molecule has 1 aliphatic rings. The average Bonchev–Trinajstić information content (AvgIpc) is 2.76. The van der Waals surface area contributed by atoms with E-state index in [9.17, 15) is 12.9 Å². The van der Waals surface area contributed by atoms with E-state index >= 15 is 0 Å². The number of hydrogen-bond donors (Lipinski definition) is 0. The van der Waals surface area contributed by atoms with Gasteiger partial charge in [0.1, 0.15) is 0 Å². The van der Waals surface area contributed by atoms with Crippen LogP contribution in [-0.4, -0.2) is 24.5 Å². The summed E-state index contributed by atoms with van der Waals surface area (Å²) < 4.78 is 37.5. The van der Waals surface area contributed by atoms with Crippen LogP contribution in [-0.2, 0) is 6.54 Å². The monoisotopic (exact) mass is 295 g/mol. The third kappa shape index (κ3) is 4.86. The Bertz CT molecular complexity index is 394. The van der Waals surface area contributed by atoms with Gasteiger partial charge in [-0.05, 0) is 31.4 Å². The zero-order valence-electron chi connectivity index (χ0n) is 11.6. The molecule has 0 bridgehead atoms. The minimum atomic E-state index is -4.87. The Kier molecular flexibility index (Phi) is 7.10. The van der Waals surface area contributed by atoms with Crippen molar-refractivity contribution < 1.29 is 64.3 Å². The van der Waals surface area contributed by atoms with E-state index in [4.69, 9.17) is 0 Å². The van der Waals surface area contributed by atoms with Crippen molar-refractivity contribution >= 4 is 12.4 Å². The van der Waals surface area contributed by atoms with Crippen molar-refractivity contribution in [2.75, 3.05) is 6.54 Å². The molecule has 0 radical (unpaired) electrons. The third-order valence-electron chi connectivity index (χ3n) is 3.71. The summed E-state index contributed by atoms with van der Waals surface area (Å²) in [6.07, 6.45) is 3.52. The van der Waals surface area contributed by atoms with Gasteiger partial charge in [0.2, 0.25) is 0 Å². The second kappa shape index (κ2) is 7.61. The first-order valence-electron chi connectivity index (χ1n) is 6.53. The smallest absolute Gasteiger partial charge is 0.445 e. The Morgan fingerprint density at radius 1 is 1.21 bits per heavy atom. The van der Waals surface area contributed by atoms with Crippen molar-refractivity contribution in [3.05, 3.63) is 29.8 Å². The van der Waals surface area contributed by atoms with Crippen molar-refractivity contribution in [3.63, 3.8) is 0 Å². The van der Waals surface area contributed by atoms with Gasteiger partial charge in [-0.3, -0.25) is 4.90 Å². The van der Waals surface area contributed by atoms with Crippen LogP contribution in [0, 0.1) is 0 Å². The van der Waals surface area contributed by atoms with Crippen LogP contribution in [0.15, 0.2) is 24.3 Å². The second-order valence-corrected chi connectivity index (χ2v) is 4.99. The molecule has 1 fully saturated rings. The maximum Gasteiger partial charge on any atom is 1.00 e. The van der Waals surface area contributed by atoms with Crippen molar-refractivity contribution in [3.8, 4) is 0 Å². The molecule has 100 valence electrons. The molecular weight excluding hydrogens is 277 g/mol. The van der Waals surface area contributed by atoms with E-state index in [1.165, 1.54) is 25.0 Å². The molecule has 1 aromatic carbocycles. The molecule has 0 spiro atoms. The van der Waals surface area contributed by atoms with Crippen LogP contribution in [0.3, 0.4) is 0 Å². The fourth-order valence-corrected chi connectivity index (χ4v) is 2.64. The summed E-state index contributed by atoms with van der Waals surface area (Å²) in [6, 6.07) is 6.21. The van der Waals surface area contributed by atoms with Crippen molar-refractivity contribution in [1.29, 1.82) is 0 Å². The number of hydrogen-bond acceptors (Lipinski definition) is 1. The summed E-state index contributed by atoms with van der Waals surface area (Å²) in [5, 5.41) is 0. The molecular formula is C13H18BF3KN. The molecule has 1 aromatic rings. The second-order valence-electron chi connectivity index (χ2n) is 4.99. The number of rotatable bonds is 4. The van der Waals surface area contributed by atoms with E-state index in [1.54, 1.807) is 12.1 Å². The Morgan fingerprint density at radius 3 is 2.37 bits per heavy atom. The summed E-state index contributed by atoms with van der Waals surface area (Å²) in [5.74, 6) is 0. The first-order valence-corrected chi connectivity index (χ1v) is 6.53. The molecule has 0 amide bonds. The van der Waals surface area contributed by atoms with E-state index in [0.29, 0.717) is 6.04 Å². The summed E-state index contributed by atoms with van der Waals surface area (Å²) in [5.41, 5.74) is 0.464. The molecule has 1 saturated heterocycles. The van der Waals surface area contributed by atoms with Crippen LogP contribution >= 0.6 is 0 Å². The van der Waals surface area contributed by atoms with E-state index in [2.05, 4.69) is 11.8 Å². The van der Waals surface area contributed by atoms with Gasteiger partial charge in [0, 0.05) is 12.6 Å². The van der Waals surface area contributed by atoms with Crippen LogP contribution < -0.4 is 56.8 Å². The molecule has 1 unspecified atom stereocenters. The molecule has 0 saturated carbocycles. The fourth-order valence-electron chi connectivity index (χ4n) is 2.64. The molecule has 1 heterocycles. The van der Waals surface area contributed by atoms with Gasteiger partial charge in [0.05, 0.1) is 0 Å². The molecule has 1 aliphatic heterocycles. The van der Waals surface area contributed by atoms with Gasteiger partial charge in [-0.25, -0.2) is 0 Å². The van der Waals surface area contributed by atoms with Gasteiger partial charge in [-0.2, -0.15) is 0 Å². The summed E-state index contributed by atoms with van der Waals surface area (Å²) in [6.45, 7) is -0.875. The average molecular weight is 295 g/mol. The van der Waals surface area contributed by atoms with Crippen LogP contribution in [0.2, 0.25) is 0 Å². The summed E-state index contributed by atoms with van der Waals surface area (Å²) in [4.78, 5) is 2.37. The van der Waals surface area contributed by atoms with Crippen LogP contribution in [0.5, 0.6) is 0 Å². The van der Waals surface area contributed by atoms with Gasteiger partial charge in [0.15, 0.2) is 0 Å². The molecule has 0 N–H and O–H groups in total. The Balaban J connectivity index is 0.00000180. The Hall–Kier alpha value is 0.671.